The van der Waals surface area contributed by atoms with E-state index in [9.17, 15) is 19.5 Å². The van der Waals surface area contributed by atoms with Gasteiger partial charge in [0.1, 0.15) is 6.61 Å². The van der Waals surface area contributed by atoms with Gasteiger partial charge in [0.25, 0.3) is 0 Å². The number of ether oxygens (including phenoxy) is 3. The van der Waals surface area contributed by atoms with Crippen LogP contribution in [0, 0.1) is 0 Å². The Kier molecular flexibility index (Phi) is 4.13. The van der Waals surface area contributed by atoms with E-state index in [0.717, 1.165) is 13.8 Å². The summed E-state index contributed by atoms with van der Waals surface area (Å²) in [5.74, 6) is -4.22. The smallest absolute Gasteiger partial charge is 0.378 e. The van der Waals surface area contributed by atoms with Crippen LogP contribution in [0.4, 0.5) is 0 Å². The zero-order valence-electron chi connectivity index (χ0n) is 9.71. The van der Waals surface area contributed by atoms with Crippen LogP contribution in [0.3, 0.4) is 0 Å². The molecule has 0 saturated heterocycles. The van der Waals surface area contributed by atoms with Crippen molar-refractivity contribution in [3.63, 3.8) is 0 Å². The molecule has 0 radical (unpaired) electrons. The number of esters is 3. The highest BCUT2D eigenvalue weighted by molar-refractivity contribution is 5.89. The van der Waals surface area contributed by atoms with Gasteiger partial charge in [-0.1, -0.05) is 0 Å². The molecule has 2 atom stereocenters. The molecule has 18 heavy (non-hydrogen) atoms. The molecule has 0 aromatic heterocycles. The van der Waals surface area contributed by atoms with E-state index in [-0.39, 0.29) is 0 Å². The van der Waals surface area contributed by atoms with Gasteiger partial charge in [0.15, 0.2) is 11.9 Å². The maximum atomic E-state index is 11.0. The minimum atomic E-state index is -1.39. The lowest BCUT2D eigenvalue weighted by Gasteiger charge is -2.21. The van der Waals surface area contributed by atoms with Crippen LogP contribution in [-0.2, 0) is 28.6 Å². The van der Waals surface area contributed by atoms with Gasteiger partial charge >= 0.3 is 17.9 Å². The molecule has 1 aliphatic heterocycles. The number of aliphatic hydroxyl groups is 2. The summed E-state index contributed by atoms with van der Waals surface area (Å²) in [6, 6.07) is 0. The summed E-state index contributed by atoms with van der Waals surface area (Å²) in [6.45, 7) is 1.82. The van der Waals surface area contributed by atoms with Gasteiger partial charge in [0, 0.05) is 13.8 Å². The highest BCUT2D eigenvalue weighted by atomic mass is 16.6. The zero-order chi connectivity index (χ0) is 13.9. The van der Waals surface area contributed by atoms with E-state index >= 15 is 0 Å². The van der Waals surface area contributed by atoms with Crippen molar-refractivity contribution in [2.45, 2.75) is 26.1 Å². The Morgan fingerprint density at radius 2 is 1.94 bits per heavy atom. The summed E-state index contributed by atoms with van der Waals surface area (Å²) >= 11 is 0. The first kappa shape index (κ1) is 13.8. The third kappa shape index (κ3) is 3.12. The molecule has 0 saturated carbocycles. The van der Waals surface area contributed by atoms with E-state index in [4.69, 9.17) is 9.84 Å². The van der Waals surface area contributed by atoms with Gasteiger partial charge in [-0.25, -0.2) is 4.79 Å². The standard InChI is InChI=1S/C10H12O8/c1-4(11)16-3-6(17-5(2)12)9-7(13)8(14)10(15)18-9/h6,9,13-14H,3H2,1-2H3. The molecule has 100 valence electrons. The first-order valence-corrected chi connectivity index (χ1v) is 4.96. The fourth-order valence-corrected chi connectivity index (χ4v) is 1.31. The van der Waals surface area contributed by atoms with Crippen LogP contribution in [0.1, 0.15) is 13.8 Å². The largest absolute Gasteiger partial charge is 0.505 e. The molecule has 8 nitrogen and oxygen atoms in total. The number of rotatable bonds is 4. The van der Waals surface area contributed by atoms with Gasteiger partial charge in [-0.15, -0.1) is 0 Å². The van der Waals surface area contributed by atoms with Crippen molar-refractivity contribution in [2.24, 2.45) is 0 Å². The molecule has 0 aromatic rings. The highest BCUT2D eigenvalue weighted by Crippen LogP contribution is 2.23. The molecule has 0 bridgehead atoms. The molecule has 1 rings (SSSR count). The minimum Gasteiger partial charge on any atom is -0.505 e. The van der Waals surface area contributed by atoms with Crippen LogP contribution in [0.5, 0.6) is 0 Å². The van der Waals surface area contributed by atoms with E-state index in [1.54, 1.807) is 0 Å². The Balaban J connectivity index is 2.80. The molecule has 2 N–H and O–H groups in total. The summed E-state index contributed by atoms with van der Waals surface area (Å²) in [7, 11) is 0. The second-order valence-corrected chi connectivity index (χ2v) is 3.51. The predicted octanol–water partition coefficient (Wildman–Crippen LogP) is -0.266. The summed E-state index contributed by atoms with van der Waals surface area (Å²) < 4.78 is 14.0. The van der Waals surface area contributed by atoms with Crippen molar-refractivity contribution in [1.29, 1.82) is 0 Å². The van der Waals surface area contributed by atoms with Crippen LogP contribution in [0.2, 0.25) is 0 Å². The number of carbonyl (C=O) groups is 3. The summed E-state index contributed by atoms with van der Waals surface area (Å²) in [5.41, 5.74) is 0. The monoisotopic (exact) mass is 260 g/mol. The lowest BCUT2D eigenvalue weighted by Crippen LogP contribution is -2.37. The molecule has 2 unspecified atom stereocenters. The average molecular weight is 260 g/mol. The van der Waals surface area contributed by atoms with Crippen LogP contribution >= 0.6 is 0 Å². The summed E-state index contributed by atoms with van der Waals surface area (Å²) in [6.07, 6.45) is -2.61. The first-order valence-electron chi connectivity index (χ1n) is 4.96. The number of cyclic esters (lactones) is 1. The molecule has 0 spiro atoms. The number of carbonyl (C=O) groups excluding carboxylic acids is 3. The Morgan fingerprint density at radius 3 is 2.33 bits per heavy atom. The third-order valence-electron chi connectivity index (χ3n) is 2.05. The van der Waals surface area contributed by atoms with Crippen LogP contribution in [0.15, 0.2) is 11.5 Å². The third-order valence-corrected chi connectivity index (χ3v) is 2.05. The van der Waals surface area contributed by atoms with Crippen molar-refractivity contribution in [3.05, 3.63) is 11.5 Å². The Morgan fingerprint density at radius 1 is 1.33 bits per heavy atom. The van der Waals surface area contributed by atoms with E-state index < -0.39 is 48.2 Å². The van der Waals surface area contributed by atoms with Gasteiger partial charge < -0.3 is 24.4 Å². The van der Waals surface area contributed by atoms with Gasteiger partial charge in [-0.2, -0.15) is 0 Å². The molecular weight excluding hydrogens is 248 g/mol. The second kappa shape index (κ2) is 5.39. The number of hydrogen-bond acceptors (Lipinski definition) is 8. The van der Waals surface area contributed by atoms with Crippen molar-refractivity contribution >= 4 is 17.9 Å². The van der Waals surface area contributed by atoms with Crippen molar-refractivity contribution in [2.75, 3.05) is 6.61 Å². The SMILES string of the molecule is CC(=O)OCC(OC(C)=O)C1OC(=O)C(O)=C1O. The topological polar surface area (TPSA) is 119 Å². The van der Waals surface area contributed by atoms with Gasteiger partial charge in [-0.3, -0.25) is 9.59 Å². The van der Waals surface area contributed by atoms with Crippen molar-refractivity contribution in [3.8, 4) is 0 Å². The fourth-order valence-electron chi connectivity index (χ4n) is 1.31. The van der Waals surface area contributed by atoms with Crippen molar-refractivity contribution < 1.29 is 38.8 Å². The molecular formula is C10H12O8. The molecule has 1 aliphatic rings. The van der Waals surface area contributed by atoms with Crippen molar-refractivity contribution in [1.82, 2.24) is 0 Å². The van der Waals surface area contributed by atoms with Gasteiger partial charge in [0.05, 0.1) is 0 Å². The Hall–Kier alpha value is -2.25. The molecule has 0 fully saturated rings. The number of aliphatic hydroxyl groups excluding tert-OH is 2. The molecule has 0 amide bonds. The van der Waals surface area contributed by atoms with Gasteiger partial charge in [-0.05, 0) is 0 Å². The minimum absolute atomic E-state index is 0.412. The Labute approximate surface area is 102 Å². The molecule has 1 heterocycles. The van der Waals surface area contributed by atoms with Crippen LogP contribution in [-0.4, -0.2) is 46.9 Å². The molecule has 8 heteroatoms. The summed E-state index contributed by atoms with van der Waals surface area (Å²) in [4.78, 5) is 32.5. The van der Waals surface area contributed by atoms with Crippen LogP contribution < -0.4 is 0 Å². The maximum Gasteiger partial charge on any atom is 0.378 e. The first-order chi connectivity index (χ1) is 8.32. The quantitative estimate of drug-likeness (QED) is 0.523. The normalized spacial score (nSPS) is 20.3. The predicted molar refractivity (Wildman–Crippen MR) is 54.4 cm³/mol. The second-order valence-electron chi connectivity index (χ2n) is 3.51. The van der Waals surface area contributed by atoms with E-state index in [1.807, 2.05) is 0 Å². The molecule has 0 aliphatic carbocycles. The highest BCUT2D eigenvalue weighted by Gasteiger charge is 2.42. The number of hydrogen-bond donors (Lipinski definition) is 2. The van der Waals surface area contributed by atoms with Crippen LogP contribution in [0.25, 0.3) is 0 Å². The van der Waals surface area contributed by atoms with E-state index in [0.29, 0.717) is 0 Å². The molecule has 0 aromatic carbocycles. The van der Waals surface area contributed by atoms with E-state index in [2.05, 4.69) is 9.47 Å². The lowest BCUT2D eigenvalue weighted by atomic mass is 10.2. The summed E-state index contributed by atoms with van der Waals surface area (Å²) in [5, 5.41) is 18.5. The zero-order valence-corrected chi connectivity index (χ0v) is 9.71. The lowest BCUT2D eigenvalue weighted by molar-refractivity contribution is -0.168. The Bertz CT molecular complexity index is 410. The maximum absolute atomic E-state index is 11.0. The fraction of sp³-hybridized carbons (Fsp3) is 0.500. The van der Waals surface area contributed by atoms with E-state index in [1.165, 1.54) is 0 Å². The van der Waals surface area contributed by atoms with Gasteiger partial charge in [0.2, 0.25) is 11.9 Å². The average Bonchev–Trinajstić information content (AvgIpc) is 2.51.